The Morgan fingerprint density at radius 3 is 2.54 bits per heavy atom. The highest BCUT2D eigenvalue weighted by molar-refractivity contribution is 6.35. The number of hydrogen-bond acceptors (Lipinski definition) is 5. The molecular formula is C16H17N3O5. The highest BCUT2D eigenvalue weighted by atomic mass is 16.5. The van der Waals surface area contributed by atoms with Crippen LogP contribution in [0, 0.1) is 0 Å². The molecule has 1 aromatic carbocycles. The van der Waals surface area contributed by atoms with E-state index in [-0.39, 0.29) is 13.0 Å². The Morgan fingerprint density at radius 1 is 1.04 bits per heavy atom. The minimum atomic E-state index is -0.977. The van der Waals surface area contributed by atoms with Gasteiger partial charge in [0.2, 0.25) is 5.91 Å². The Labute approximate surface area is 138 Å². The zero-order valence-electron chi connectivity index (χ0n) is 13.0. The molecule has 2 aromatic rings. The quantitative estimate of drug-likeness (QED) is 0.539. The molecule has 0 aliphatic heterocycles. The van der Waals surface area contributed by atoms with E-state index < -0.39 is 17.7 Å². The van der Waals surface area contributed by atoms with E-state index in [1.165, 1.54) is 13.4 Å². The second kappa shape index (κ2) is 8.37. The third-order valence-electron chi connectivity index (χ3n) is 3.07. The third kappa shape index (κ3) is 4.87. The molecule has 2 rings (SSSR count). The predicted octanol–water partition coefficient (Wildman–Crippen LogP) is 0.294. The van der Waals surface area contributed by atoms with E-state index in [9.17, 15) is 14.4 Å². The van der Waals surface area contributed by atoms with Crippen LogP contribution >= 0.6 is 0 Å². The number of hydrogen-bond donors (Lipinski definition) is 3. The summed E-state index contributed by atoms with van der Waals surface area (Å²) >= 11 is 0. The van der Waals surface area contributed by atoms with Gasteiger partial charge in [-0.1, -0.05) is 18.2 Å². The number of hydrazine groups is 1. The Balaban J connectivity index is 1.76. The number of ether oxygens (including phenoxy) is 1. The molecule has 0 saturated heterocycles. The van der Waals surface area contributed by atoms with E-state index in [2.05, 4.69) is 10.7 Å². The van der Waals surface area contributed by atoms with Crippen LogP contribution in [0.2, 0.25) is 0 Å². The first-order chi connectivity index (χ1) is 11.6. The van der Waals surface area contributed by atoms with Gasteiger partial charge in [0.15, 0.2) is 0 Å². The number of carbonyl (C=O) groups is 3. The number of nitrogens with one attached hydrogen (secondary N) is 3. The molecule has 0 spiro atoms. The summed E-state index contributed by atoms with van der Waals surface area (Å²) in [7, 11) is 1.50. The number of furan rings is 1. The van der Waals surface area contributed by atoms with Gasteiger partial charge in [-0.3, -0.25) is 25.2 Å². The lowest BCUT2D eigenvalue weighted by Crippen LogP contribution is -2.48. The van der Waals surface area contributed by atoms with Gasteiger partial charge < -0.3 is 14.5 Å². The van der Waals surface area contributed by atoms with Crippen LogP contribution in [0.3, 0.4) is 0 Å². The fraction of sp³-hybridized carbons (Fsp3) is 0.188. The number of para-hydroxylation sites is 1. The molecule has 0 bridgehead atoms. The predicted molar refractivity (Wildman–Crippen MR) is 83.5 cm³/mol. The Kier molecular flexibility index (Phi) is 5.95. The molecule has 24 heavy (non-hydrogen) atoms. The number of benzene rings is 1. The topological polar surface area (TPSA) is 110 Å². The van der Waals surface area contributed by atoms with Crippen LogP contribution in [0.25, 0.3) is 0 Å². The lowest BCUT2D eigenvalue weighted by Gasteiger charge is -2.09. The van der Waals surface area contributed by atoms with E-state index in [1.807, 2.05) is 5.43 Å². The van der Waals surface area contributed by atoms with Crippen molar-refractivity contribution in [1.29, 1.82) is 0 Å². The smallest absolute Gasteiger partial charge is 0.327 e. The summed E-state index contributed by atoms with van der Waals surface area (Å²) in [6.07, 6.45) is 1.46. The Morgan fingerprint density at radius 2 is 1.83 bits per heavy atom. The van der Waals surface area contributed by atoms with Crippen molar-refractivity contribution in [3.8, 4) is 5.75 Å². The number of amides is 3. The van der Waals surface area contributed by atoms with E-state index in [0.717, 1.165) is 0 Å². The van der Waals surface area contributed by atoms with Crippen LogP contribution < -0.4 is 20.9 Å². The molecule has 1 aromatic heterocycles. The van der Waals surface area contributed by atoms with Gasteiger partial charge in [0.05, 0.1) is 26.3 Å². The van der Waals surface area contributed by atoms with Gasteiger partial charge >= 0.3 is 11.8 Å². The van der Waals surface area contributed by atoms with Crippen molar-refractivity contribution in [2.45, 2.75) is 13.0 Å². The van der Waals surface area contributed by atoms with Crippen molar-refractivity contribution in [3.05, 3.63) is 54.0 Å². The molecule has 3 amide bonds. The van der Waals surface area contributed by atoms with Crippen molar-refractivity contribution >= 4 is 17.7 Å². The first-order valence-electron chi connectivity index (χ1n) is 7.11. The summed E-state index contributed by atoms with van der Waals surface area (Å²) in [5.41, 5.74) is 4.89. The van der Waals surface area contributed by atoms with Crippen LogP contribution in [-0.2, 0) is 27.3 Å². The normalized spacial score (nSPS) is 9.88. The second-order valence-corrected chi connectivity index (χ2v) is 4.75. The highest BCUT2D eigenvalue weighted by Crippen LogP contribution is 2.17. The van der Waals surface area contributed by atoms with Crippen LogP contribution in [0.5, 0.6) is 5.75 Å². The molecule has 3 N–H and O–H groups in total. The van der Waals surface area contributed by atoms with Crippen molar-refractivity contribution in [1.82, 2.24) is 16.2 Å². The molecule has 8 heteroatoms. The van der Waals surface area contributed by atoms with Gasteiger partial charge in [0.1, 0.15) is 11.5 Å². The summed E-state index contributed by atoms with van der Waals surface area (Å²) in [5, 5.41) is 2.36. The largest absolute Gasteiger partial charge is 0.496 e. The van der Waals surface area contributed by atoms with E-state index in [1.54, 1.807) is 36.4 Å². The van der Waals surface area contributed by atoms with Crippen molar-refractivity contribution in [2.75, 3.05) is 7.11 Å². The van der Waals surface area contributed by atoms with Gasteiger partial charge in [-0.15, -0.1) is 0 Å². The SMILES string of the molecule is COc1ccccc1CC(=O)NNC(=O)C(=O)NCc1ccco1. The van der Waals surface area contributed by atoms with Crippen LogP contribution in [0.15, 0.2) is 47.1 Å². The van der Waals surface area contributed by atoms with Gasteiger partial charge in [0.25, 0.3) is 0 Å². The first kappa shape index (κ1) is 17.1. The summed E-state index contributed by atoms with van der Waals surface area (Å²) in [5.74, 6) is -1.27. The molecule has 0 unspecified atom stereocenters. The maximum absolute atomic E-state index is 11.8. The highest BCUT2D eigenvalue weighted by Gasteiger charge is 2.15. The third-order valence-corrected chi connectivity index (χ3v) is 3.07. The monoisotopic (exact) mass is 331 g/mol. The molecule has 0 fully saturated rings. The van der Waals surface area contributed by atoms with E-state index in [4.69, 9.17) is 9.15 Å². The second-order valence-electron chi connectivity index (χ2n) is 4.75. The Hall–Kier alpha value is -3.29. The lowest BCUT2D eigenvalue weighted by atomic mass is 10.1. The maximum atomic E-state index is 11.8. The Bertz CT molecular complexity index is 712. The summed E-state index contributed by atoms with van der Waals surface area (Å²) in [6, 6.07) is 10.3. The minimum absolute atomic E-state index is 0.00168. The van der Waals surface area contributed by atoms with Crippen LogP contribution in [0.4, 0.5) is 0 Å². The van der Waals surface area contributed by atoms with Crippen LogP contribution in [0.1, 0.15) is 11.3 Å². The molecular weight excluding hydrogens is 314 g/mol. The van der Waals surface area contributed by atoms with E-state index >= 15 is 0 Å². The maximum Gasteiger partial charge on any atom is 0.327 e. The average Bonchev–Trinajstić information content (AvgIpc) is 3.11. The summed E-state index contributed by atoms with van der Waals surface area (Å²) in [4.78, 5) is 35.0. The number of methoxy groups -OCH3 is 1. The molecule has 0 aliphatic carbocycles. The van der Waals surface area contributed by atoms with Gasteiger partial charge in [-0.2, -0.15) is 0 Å². The number of carbonyl (C=O) groups excluding carboxylic acids is 3. The average molecular weight is 331 g/mol. The van der Waals surface area contributed by atoms with Gasteiger partial charge in [-0.05, 0) is 18.2 Å². The fourth-order valence-corrected chi connectivity index (χ4v) is 1.91. The molecule has 8 nitrogen and oxygen atoms in total. The minimum Gasteiger partial charge on any atom is -0.496 e. The van der Waals surface area contributed by atoms with E-state index in [0.29, 0.717) is 17.1 Å². The zero-order valence-corrected chi connectivity index (χ0v) is 13.0. The molecule has 0 atom stereocenters. The van der Waals surface area contributed by atoms with Crippen molar-refractivity contribution in [2.24, 2.45) is 0 Å². The van der Waals surface area contributed by atoms with Crippen LogP contribution in [-0.4, -0.2) is 24.8 Å². The molecule has 0 aliphatic rings. The summed E-state index contributed by atoms with van der Waals surface area (Å²) in [6.45, 7) is 0.0778. The molecule has 1 heterocycles. The lowest BCUT2D eigenvalue weighted by molar-refractivity contribution is -0.141. The van der Waals surface area contributed by atoms with Crippen molar-refractivity contribution < 1.29 is 23.5 Å². The molecule has 0 radical (unpaired) electrons. The zero-order chi connectivity index (χ0) is 17.4. The summed E-state index contributed by atoms with van der Waals surface area (Å²) < 4.78 is 10.2. The first-order valence-corrected chi connectivity index (χ1v) is 7.11. The number of rotatable bonds is 5. The van der Waals surface area contributed by atoms with Crippen molar-refractivity contribution in [3.63, 3.8) is 0 Å². The van der Waals surface area contributed by atoms with Gasteiger partial charge in [0, 0.05) is 5.56 Å². The molecule has 0 saturated carbocycles. The standard InChI is InChI=1S/C16H17N3O5/c1-23-13-7-3-2-5-11(13)9-14(20)18-19-16(22)15(21)17-10-12-6-4-8-24-12/h2-8H,9-10H2,1H3,(H,17,21)(H,18,20)(H,19,22). The fourth-order valence-electron chi connectivity index (χ4n) is 1.91. The van der Waals surface area contributed by atoms with Gasteiger partial charge in [-0.25, -0.2) is 0 Å². The molecule has 126 valence electrons.